The van der Waals surface area contributed by atoms with E-state index < -0.39 is 12.0 Å². The van der Waals surface area contributed by atoms with Gasteiger partial charge >= 0.3 is 5.97 Å². The van der Waals surface area contributed by atoms with E-state index in [1.807, 2.05) is 0 Å². The van der Waals surface area contributed by atoms with Crippen LogP contribution < -0.4 is 11.1 Å². The van der Waals surface area contributed by atoms with Gasteiger partial charge in [-0.15, -0.1) is 0 Å². The van der Waals surface area contributed by atoms with E-state index in [0.717, 1.165) is 4.90 Å². The van der Waals surface area contributed by atoms with Gasteiger partial charge in [-0.2, -0.15) is 0 Å². The van der Waals surface area contributed by atoms with E-state index in [4.69, 9.17) is 10.8 Å². The third-order valence-corrected chi connectivity index (χ3v) is 3.27. The molecule has 0 radical (unpaired) electrons. The molecule has 1 atom stereocenters. The fraction of sp³-hybridized carbons (Fsp3) is 0.308. The first kappa shape index (κ1) is 13.9. The van der Waals surface area contributed by atoms with Crippen molar-refractivity contribution >= 4 is 29.2 Å². The first-order valence-electron chi connectivity index (χ1n) is 6.10. The highest BCUT2D eigenvalue weighted by atomic mass is 16.4. The number of nitrogens with two attached hydrogens (primary N) is 1. The van der Waals surface area contributed by atoms with Gasteiger partial charge in [0.15, 0.2) is 0 Å². The van der Waals surface area contributed by atoms with Gasteiger partial charge in [0, 0.05) is 24.8 Å². The van der Waals surface area contributed by atoms with Gasteiger partial charge < -0.3 is 16.2 Å². The lowest BCUT2D eigenvalue weighted by atomic mass is 10.0. The van der Waals surface area contributed by atoms with E-state index in [1.54, 1.807) is 6.07 Å². The molecule has 1 fully saturated rings. The smallest absolute Gasteiger partial charge is 0.337 e. The van der Waals surface area contributed by atoms with Crippen molar-refractivity contribution in [2.24, 2.45) is 0 Å². The Morgan fingerprint density at radius 3 is 2.75 bits per heavy atom. The summed E-state index contributed by atoms with van der Waals surface area (Å²) in [5.41, 5.74) is 6.32. The molecule has 1 heterocycles. The van der Waals surface area contributed by atoms with Crippen LogP contribution in [0.4, 0.5) is 11.4 Å². The molecule has 0 aliphatic carbocycles. The SMILES string of the molecule is CN1C(=O)CCC(Nc2ccc(C(=O)O)c(N)c2)C1=O. The van der Waals surface area contributed by atoms with E-state index >= 15 is 0 Å². The maximum atomic E-state index is 11.9. The zero-order valence-electron chi connectivity index (χ0n) is 10.9. The fourth-order valence-electron chi connectivity index (χ4n) is 2.10. The van der Waals surface area contributed by atoms with Gasteiger partial charge in [0.1, 0.15) is 6.04 Å². The number of anilines is 2. The van der Waals surface area contributed by atoms with Gasteiger partial charge in [-0.25, -0.2) is 4.79 Å². The zero-order chi connectivity index (χ0) is 14.9. The summed E-state index contributed by atoms with van der Waals surface area (Å²) in [5, 5.41) is 11.9. The van der Waals surface area contributed by atoms with Crippen LogP contribution in [0.3, 0.4) is 0 Å². The van der Waals surface area contributed by atoms with Crippen molar-refractivity contribution in [1.82, 2.24) is 4.90 Å². The van der Waals surface area contributed by atoms with E-state index in [0.29, 0.717) is 18.5 Å². The molecule has 1 aliphatic rings. The topological polar surface area (TPSA) is 113 Å². The molecule has 4 N–H and O–H groups in total. The fourth-order valence-corrected chi connectivity index (χ4v) is 2.10. The number of likely N-dealkylation sites (N-methyl/N-ethyl adjacent to an activating group) is 1. The summed E-state index contributed by atoms with van der Waals surface area (Å²) in [6.45, 7) is 0. The number of aromatic carboxylic acids is 1. The predicted octanol–water partition coefficient (Wildman–Crippen LogP) is 0.526. The molecule has 7 heteroatoms. The number of carboxylic acid groups (broad SMARTS) is 1. The molecule has 0 bridgehead atoms. The van der Waals surface area contributed by atoms with Gasteiger partial charge in [0.2, 0.25) is 5.91 Å². The minimum absolute atomic E-state index is 0.0119. The summed E-state index contributed by atoms with van der Waals surface area (Å²) >= 11 is 0. The Morgan fingerprint density at radius 1 is 1.45 bits per heavy atom. The molecule has 0 spiro atoms. The number of hydrogen-bond donors (Lipinski definition) is 3. The van der Waals surface area contributed by atoms with Gasteiger partial charge in [-0.1, -0.05) is 0 Å². The molecule has 1 aromatic carbocycles. The lowest BCUT2D eigenvalue weighted by Crippen LogP contribution is -2.48. The molecule has 20 heavy (non-hydrogen) atoms. The Kier molecular flexibility index (Phi) is 3.60. The van der Waals surface area contributed by atoms with Gasteiger partial charge in [0.05, 0.1) is 5.56 Å². The lowest BCUT2D eigenvalue weighted by Gasteiger charge is -2.28. The third-order valence-electron chi connectivity index (χ3n) is 3.27. The molecule has 0 aromatic heterocycles. The Labute approximate surface area is 115 Å². The number of carboxylic acids is 1. The van der Waals surface area contributed by atoms with Crippen LogP contribution in [0.2, 0.25) is 0 Å². The van der Waals surface area contributed by atoms with Crippen molar-refractivity contribution in [1.29, 1.82) is 0 Å². The number of imide groups is 1. The summed E-state index contributed by atoms with van der Waals surface area (Å²) in [5.74, 6) is -1.61. The van der Waals surface area contributed by atoms with Gasteiger partial charge in [-0.3, -0.25) is 14.5 Å². The molecule has 2 rings (SSSR count). The number of hydrogen-bond acceptors (Lipinski definition) is 5. The molecule has 1 unspecified atom stereocenters. The summed E-state index contributed by atoms with van der Waals surface area (Å²) < 4.78 is 0. The van der Waals surface area contributed by atoms with Crippen LogP contribution in [0.1, 0.15) is 23.2 Å². The second-order valence-electron chi connectivity index (χ2n) is 4.63. The highest BCUT2D eigenvalue weighted by molar-refractivity contribution is 6.01. The molecule has 1 aliphatic heterocycles. The molecule has 1 aromatic rings. The number of benzene rings is 1. The Balaban J connectivity index is 2.14. The largest absolute Gasteiger partial charge is 0.478 e. The second-order valence-corrected chi connectivity index (χ2v) is 4.63. The van der Waals surface area contributed by atoms with Crippen molar-refractivity contribution < 1.29 is 19.5 Å². The standard InChI is InChI=1S/C13H15N3O4/c1-16-11(17)5-4-10(12(16)18)15-7-2-3-8(13(19)20)9(14)6-7/h2-3,6,10,15H,4-5,14H2,1H3,(H,19,20). The number of carbonyl (C=O) groups is 3. The molecular formula is C13H15N3O4. The number of nitrogens with one attached hydrogen (secondary N) is 1. The summed E-state index contributed by atoms with van der Waals surface area (Å²) in [6, 6.07) is 3.88. The average Bonchev–Trinajstić information content (AvgIpc) is 2.39. The van der Waals surface area contributed by atoms with E-state index in [-0.39, 0.29) is 23.1 Å². The first-order chi connectivity index (χ1) is 9.40. The normalized spacial score (nSPS) is 19.1. The van der Waals surface area contributed by atoms with E-state index in [9.17, 15) is 14.4 Å². The van der Waals surface area contributed by atoms with Gasteiger partial charge in [0.25, 0.3) is 5.91 Å². The Hall–Kier alpha value is -2.57. The van der Waals surface area contributed by atoms with Crippen LogP contribution in [0.25, 0.3) is 0 Å². The first-order valence-corrected chi connectivity index (χ1v) is 6.10. The summed E-state index contributed by atoms with van der Waals surface area (Å²) in [4.78, 5) is 35.2. The number of piperidine rings is 1. The number of amides is 2. The van der Waals surface area contributed by atoms with Crippen molar-refractivity contribution in [3.8, 4) is 0 Å². The second kappa shape index (κ2) is 5.20. The Bertz CT molecular complexity index is 585. The van der Waals surface area contributed by atoms with Crippen LogP contribution in [0, 0.1) is 0 Å². The number of nitrogens with zero attached hydrogens (tertiary/aromatic N) is 1. The van der Waals surface area contributed by atoms with Crippen LogP contribution in [-0.2, 0) is 9.59 Å². The van der Waals surface area contributed by atoms with E-state index in [2.05, 4.69) is 5.32 Å². The van der Waals surface area contributed by atoms with E-state index in [1.165, 1.54) is 19.2 Å². The van der Waals surface area contributed by atoms with Crippen LogP contribution in [-0.4, -0.2) is 40.9 Å². The van der Waals surface area contributed by atoms with Crippen LogP contribution >= 0.6 is 0 Å². The van der Waals surface area contributed by atoms with Crippen molar-refractivity contribution in [2.45, 2.75) is 18.9 Å². The number of carbonyl (C=O) groups excluding carboxylic acids is 2. The highest BCUT2D eigenvalue weighted by Crippen LogP contribution is 2.21. The molecule has 2 amide bonds. The molecule has 7 nitrogen and oxygen atoms in total. The number of rotatable bonds is 3. The maximum Gasteiger partial charge on any atom is 0.337 e. The van der Waals surface area contributed by atoms with Crippen molar-refractivity contribution in [3.05, 3.63) is 23.8 Å². The summed E-state index contributed by atoms with van der Waals surface area (Å²) in [6.07, 6.45) is 0.700. The molecule has 1 saturated heterocycles. The van der Waals surface area contributed by atoms with Crippen molar-refractivity contribution in [3.63, 3.8) is 0 Å². The minimum atomic E-state index is -1.10. The lowest BCUT2D eigenvalue weighted by molar-refractivity contribution is -0.146. The molecular weight excluding hydrogens is 262 g/mol. The molecule has 0 saturated carbocycles. The van der Waals surface area contributed by atoms with Crippen molar-refractivity contribution in [2.75, 3.05) is 18.1 Å². The highest BCUT2D eigenvalue weighted by Gasteiger charge is 2.31. The summed E-state index contributed by atoms with van der Waals surface area (Å²) in [7, 11) is 1.44. The monoisotopic (exact) mass is 277 g/mol. The quantitative estimate of drug-likeness (QED) is 0.548. The zero-order valence-corrected chi connectivity index (χ0v) is 10.9. The van der Waals surface area contributed by atoms with Crippen LogP contribution in [0.15, 0.2) is 18.2 Å². The average molecular weight is 277 g/mol. The Morgan fingerprint density at radius 2 is 2.15 bits per heavy atom. The predicted molar refractivity (Wildman–Crippen MR) is 72.2 cm³/mol. The third kappa shape index (κ3) is 2.56. The maximum absolute atomic E-state index is 11.9. The van der Waals surface area contributed by atoms with Crippen LogP contribution in [0.5, 0.6) is 0 Å². The minimum Gasteiger partial charge on any atom is -0.478 e. The number of nitrogen functional groups attached to an aromatic ring is 1. The molecule has 106 valence electrons. The van der Waals surface area contributed by atoms with Gasteiger partial charge in [-0.05, 0) is 24.6 Å². The number of likely N-dealkylation sites (tertiary alicyclic amines) is 1.